The lowest BCUT2D eigenvalue weighted by Gasteiger charge is -2.42. The highest BCUT2D eigenvalue weighted by Gasteiger charge is 2.78. The summed E-state index contributed by atoms with van der Waals surface area (Å²) >= 11 is 0. The van der Waals surface area contributed by atoms with Crippen LogP contribution in [0.15, 0.2) is 64.8 Å². The summed E-state index contributed by atoms with van der Waals surface area (Å²) in [5, 5.41) is 10.3. The summed E-state index contributed by atoms with van der Waals surface area (Å²) in [5.41, 5.74) is 3.71. The first-order valence-electron chi connectivity index (χ1n) is 9.61. The van der Waals surface area contributed by atoms with E-state index in [1.54, 1.807) is 0 Å². The largest absolute Gasteiger partial charge is 0.181 e. The molecule has 0 amide bonds. The van der Waals surface area contributed by atoms with Crippen LogP contribution in [-0.4, -0.2) is 0 Å². The molecule has 0 spiro atoms. The van der Waals surface area contributed by atoms with Crippen LogP contribution < -0.4 is 0 Å². The van der Waals surface area contributed by atoms with Crippen molar-refractivity contribution in [3.63, 3.8) is 0 Å². The lowest BCUT2D eigenvalue weighted by molar-refractivity contribution is 0.140. The maximum atomic E-state index is 5.14. The molecule has 2 aromatic rings. The third-order valence-corrected chi connectivity index (χ3v) is 7.63. The maximum absolute atomic E-state index is 5.14. The maximum Gasteiger partial charge on any atom is 0.118 e. The first-order valence-corrected chi connectivity index (χ1v) is 9.61. The highest BCUT2D eigenvalue weighted by molar-refractivity contribution is 5.47. The second-order valence-corrected chi connectivity index (χ2v) is 8.68. The van der Waals surface area contributed by atoms with E-state index in [0.717, 1.165) is 0 Å². The first kappa shape index (κ1) is 15.3. The number of rotatable bonds is 2. The van der Waals surface area contributed by atoms with Crippen molar-refractivity contribution < 1.29 is 0 Å². The smallest absolute Gasteiger partial charge is 0.118 e. The third-order valence-electron chi connectivity index (χ3n) is 7.63. The fraction of sp³-hybridized carbons (Fsp3) is 0.478. The van der Waals surface area contributed by atoms with Crippen LogP contribution >= 0.6 is 0 Å². The van der Waals surface area contributed by atoms with Crippen LogP contribution in [0.5, 0.6) is 0 Å². The number of aryl methyl sites for hydroxylation is 1. The molecule has 2 heteroatoms. The minimum atomic E-state index is -0.185. The zero-order valence-electron chi connectivity index (χ0n) is 15.4. The van der Waals surface area contributed by atoms with Gasteiger partial charge in [0, 0.05) is 5.41 Å². The van der Waals surface area contributed by atoms with Gasteiger partial charge in [-0.25, -0.2) is 0 Å². The van der Waals surface area contributed by atoms with E-state index >= 15 is 0 Å². The van der Waals surface area contributed by atoms with E-state index in [1.807, 2.05) is 0 Å². The molecule has 0 saturated heterocycles. The minimum Gasteiger partial charge on any atom is -0.181 e. The Bertz CT molecular complexity index is 853. The van der Waals surface area contributed by atoms with Gasteiger partial charge in [0.25, 0.3) is 0 Å². The molecule has 1 heterocycles. The van der Waals surface area contributed by atoms with Crippen molar-refractivity contribution in [2.24, 2.45) is 27.5 Å². The number of nitrogens with zero attached hydrogens (tertiary/aromatic N) is 2. The molecular weight excluding hydrogens is 304 g/mol. The van der Waals surface area contributed by atoms with Gasteiger partial charge in [-0.05, 0) is 48.3 Å². The zero-order valence-corrected chi connectivity index (χ0v) is 15.4. The van der Waals surface area contributed by atoms with Gasteiger partial charge in [0.2, 0.25) is 0 Å². The van der Waals surface area contributed by atoms with E-state index in [2.05, 4.69) is 75.4 Å². The summed E-state index contributed by atoms with van der Waals surface area (Å²) < 4.78 is 0. The van der Waals surface area contributed by atoms with Gasteiger partial charge in [-0.3, -0.25) is 0 Å². The molecule has 4 atom stereocenters. The van der Waals surface area contributed by atoms with Crippen LogP contribution in [0, 0.1) is 24.2 Å². The van der Waals surface area contributed by atoms with Crippen LogP contribution in [-0.2, 0) is 11.1 Å². The lowest BCUT2D eigenvalue weighted by Crippen LogP contribution is -2.44. The summed E-state index contributed by atoms with van der Waals surface area (Å²) in [7, 11) is 0. The minimum absolute atomic E-state index is 0.0246. The van der Waals surface area contributed by atoms with E-state index in [-0.39, 0.29) is 16.5 Å². The first-order chi connectivity index (χ1) is 12.1. The highest BCUT2D eigenvalue weighted by Crippen LogP contribution is 2.77. The van der Waals surface area contributed by atoms with E-state index in [0.29, 0.717) is 11.8 Å². The molecule has 0 N–H and O–H groups in total. The standard InChI is InChI=1S/C23H26N2/c1-16-10-7-8-13-18(16)23-20-15-9-14-19(20)22(24-25-23,21(23,2)3)17-11-5-4-6-12-17/h4-8,10-13,19-20H,9,14-15H2,1-3H3/t19-,20+,22-,23+/m0/s1. The lowest BCUT2D eigenvalue weighted by atomic mass is 9.60. The van der Waals surface area contributed by atoms with E-state index in [4.69, 9.17) is 10.2 Å². The Morgan fingerprint density at radius 2 is 1.40 bits per heavy atom. The highest BCUT2D eigenvalue weighted by atomic mass is 15.3. The molecule has 2 saturated carbocycles. The van der Waals surface area contributed by atoms with Crippen LogP contribution in [0.3, 0.4) is 0 Å². The van der Waals surface area contributed by atoms with Crippen LogP contribution in [0.4, 0.5) is 0 Å². The van der Waals surface area contributed by atoms with Crippen LogP contribution in [0.25, 0.3) is 0 Å². The van der Waals surface area contributed by atoms with Gasteiger partial charge in [-0.15, -0.1) is 0 Å². The van der Waals surface area contributed by atoms with E-state index in [9.17, 15) is 0 Å². The predicted molar refractivity (Wildman–Crippen MR) is 100 cm³/mol. The Labute approximate surface area is 150 Å². The molecule has 5 rings (SSSR count). The molecule has 2 aromatic carbocycles. The van der Waals surface area contributed by atoms with Crippen molar-refractivity contribution in [3.8, 4) is 0 Å². The molecule has 1 aliphatic heterocycles. The Morgan fingerprint density at radius 3 is 2.12 bits per heavy atom. The van der Waals surface area contributed by atoms with E-state index < -0.39 is 0 Å². The average Bonchev–Trinajstić information content (AvgIpc) is 3.24. The zero-order chi connectivity index (χ0) is 17.3. The van der Waals surface area contributed by atoms with Gasteiger partial charge >= 0.3 is 0 Å². The molecule has 3 aliphatic rings. The topological polar surface area (TPSA) is 24.7 Å². The quantitative estimate of drug-likeness (QED) is 0.644. The summed E-state index contributed by atoms with van der Waals surface area (Å²) in [6, 6.07) is 19.8. The molecule has 0 radical (unpaired) electrons. The second kappa shape index (κ2) is 4.81. The van der Waals surface area contributed by atoms with Crippen molar-refractivity contribution >= 4 is 0 Å². The van der Waals surface area contributed by atoms with E-state index in [1.165, 1.54) is 36.0 Å². The van der Waals surface area contributed by atoms with Crippen molar-refractivity contribution in [2.75, 3.05) is 0 Å². The van der Waals surface area contributed by atoms with Crippen molar-refractivity contribution in [1.82, 2.24) is 0 Å². The molecule has 2 aliphatic carbocycles. The number of azo groups is 1. The summed E-state index contributed by atoms with van der Waals surface area (Å²) in [6.07, 6.45) is 3.85. The van der Waals surface area contributed by atoms with Crippen LogP contribution in [0.2, 0.25) is 0 Å². The molecule has 128 valence electrons. The van der Waals surface area contributed by atoms with Crippen molar-refractivity contribution in [3.05, 3.63) is 71.3 Å². The molecule has 25 heavy (non-hydrogen) atoms. The normalized spacial score (nSPS) is 37.4. The number of hydrogen-bond acceptors (Lipinski definition) is 2. The Balaban J connectivity index is 1.81. The SMILES string of the molecule is Cc1ccccc1[C@@]12N=N[C@@](c3ccccc3)([C@H]3CCC[C@H]31)C2(C)C. The number of benzene rings is 2. The van der Waals surface area contributed by atoms with Gasteiger partial charge in [0.05, 0.1) is 0 Å². The summed E-state index contributed by atoms with van der Waals surface area (Å²) in [4.78, 5) is 0. The molecule has 0 aromatic heterocycles. The number of fused-ring (bicyclic) bond motifs is 5. The monoisotopic (exact) mass is 330 g/mol. The molecular formula is C23H26N2. The molecule has 0 unspecified atom stereocenters. The van der Waals surface area contributed by atoms with Gasteiger partial charge in [-0.1, -0.05) is 74.9 Å². The van der Waals surface area contributed by atoms with Crippen molar-refractivity contribution in [2.45, 2.75) is 51.1 Å². The van der Waals surface area contributed by atoms with Gasteiger partial charge < -0.3 is 0 Å². The average molecular weight is 330 g/mol. The molecule has 2 bridgehead atoms. The third kappa shape index (κ3) is 1.53. The summed E-state index contributed by atoms with van der Waals surface area (Å²) in [5.74, 6) is 1.20. The number of hydrogen-bond donors (Lipinski definition) is 0. The summed E-state index contributed by atoms with van der Waals surface area (Å²) in [6.45, 7) is 7.08. The predicted octanol–water partition coefficient (Wildman–Crippen LogP) is 6.01. The fourth-order valence-corrected chi connectivity index (χ4v) is 6.65. The van der Waals surface area contributed by atoms with Crippen LogP contribution in [0.1, 0.15) is 49.8 Å². The van der Waals surface area contributed by atoms with Gasteiger partial charge in [0.1, 0.15) is 11.1 Å². The Kier molecular flexibility index (Phi) is 2.94. The molecule has 2 fully saturated rings. The van der Waals surface area contributed by atoms with Crippen molar-refractivity contribution in [1.29, 1.82) is 0 Å². The van der Waals surface area contributed by atoms with Gasteiger partial charge in [0.15, 0.2) is 0 Å². The fourth-order valence-electron chi connectivity index (χ4n) is 6.65. The molecule has 2 nitrogen and oxygen atoms in total. The Hall–Kier alpha value is -1.96. The second-order valence-electron chi connectivity index (χ2n) is 8.68. The van der Waals surface area contributed by atoms with Gasteiger partial charge in [-0.2, -0.15) is 10.2 Å². The Morgan fingerprint density at radius 1 is 0.800 bits per heavy atom.